The highest BCUT2D eigenvalue weighted by molar-refractivity contribution is 6.42. The Kier molecular flexibility index (Phi) is 3.59. The topological polar surface area (TPSA) is 34.1 Å². The second-order valence-electron chi connectivity index (χ2n) is 4.80. The number of aromatic nitrogens is 1. The molecule has 18 heavy (non-hydrogen) atoms. The Labute approximate surface area is 121 Å². The highest BCUT2D eigenvalue weighted by Gasteiger charge is 2.40. The van der Waals surface area contributed by atoms with E-state index in [2.05, 4.69) is 10.3 Å². The Morgan fingerprint density at radius 1 is 1.17 bits per heavy atom. The van der Waals surface area contributed by atoms with E-state index in [0.29, 0.717) is 21.8 Å². The number of halogens is 3. The summed E-state index contributed by atoms with van der Waals surface area (Å²) >= 11 is 17.9. The van der Waals surface area contributed by atoms with Gasteiger partial charge in [-0.05, 0) is 31.2 Å². The van der Waals surface area contributed by atoms with Crippen LogP contribution >= 0.6 is 34.8 Å². The van der Waals surface area contributed by atoms with Crippen LogP contribution in [0.2, 0.25) is 15.2 Å². The van der Waals surface area contributed by atoms with E-state index in [9.17, 15) is 0 Å². The Bertz CT molecular complexity index is 465. The van der Waals surface area contributed by atoms with Gasteiger partial charge in [0.25, 0.3) is 0 Å². The molecule has 2 aliphatic rings. The Morgan fingerprint density at radius 2 is 1.94 bits per heavy atom. The molecule has 2 fully saturated rings. The van der Waals surface area contributed by atoms with Crippen molar-refractivity contribution in [2.24, 2.45) is 5.92 Å². The number of hydrogen-bond acceptors (Lipinski definition) is 3. The number of anilines is 1. The first-order valence-electron chi connectivity index (χ1n) is 6.05. The van der Waals surface area contributed by atoms with Crippen LogP contribution < -0.4 is 5.32 Å². The number of nitrogens with one attached hydrogen (secondary N) is 1. The van der Waals surface area contributed by atoms with E-state index in [4.69, 9.17) is 39.5 Å². The lowest BCUT2D eigenvalue weighted by Gasteiger charge is -2.20. The number of pyridine rings is 1. The van der Waals surface area contributed by atoms with Gasteiger partial charge in [-0.3, -0.25) is 0 Å². The van der Waals surface area contributed by atoms with E-state index in [0.717, 1.165) is 13.0 Å². The molecule has 98 valence electrons. The molecule has 2 unspecified atom stereocenters. The molecule has 1 saturated heterocycles. The van der Waals surface area contributed by atoms with Gasteiger partial charge in [0.2, 0.25) is 0 Å². The fraction of sp³-hybridized carbons (Fsp3) is 0.583. The molecule has 0 spiro atoms. The van der Waals surface area contributed by atoms with Crippen LogP contribution in [0.5, 0.6) is 0 Å². The SMILES string of the molecule is Clc1cc(Cl)c(NC2CCOC2C2CC2)nc1Cl. The van der Waals surface area contributed by atoms with Crippen LogP contribution in [0.3, 0.4) is 0 Å². The normalized spacial score (nSPS) is 27.5. The van der Waals surface area contributed by atoms with Gasteiger partial charge in [-0.1, -0.05) is 34.8 Å². The monoisotopic (exact) mass is 306 g/mol. The molecular formula is C12H13Cl3N2O. The van der Waals surface area contributed by atoms with Crippen molar-refractivity contribution in [2.45, 2.75) is 31.4 Å². The molecule has 1 aromatic rings. The molecular weight excluding hydrogens is 295 g/mol. The predicted octanol–water partition coefficient (Wildman–Crippen LogP) is 4.02. The Morgan fingerprint density at radius 3 is 2.67 bits per heavy atom. The number of nitrogens with zero attached hydrogens (tertiary/aromatic N) is 1. The summed E-state index contributed by atoms with van der Waals surface area (Å²) in [7, 11) is 0. The maximum absolute atomic E-state index is 6.11. The summed E-state index contributed by atoms with van der Waals surface area (Å²) in [6.07, 6.45) is 3.76. The van der Waals surface area contributed by atoms with Crippen molar-refractivity contribution in [3.8, 4) is 0 Å². The molecule has 0 aromatic carbocycles. The van der Waals surface area contributed by atoms with E-state index in [1.807, 2.05) is 0 Å². The zero-order chi connectivity index (χ0) is 12.7. The summed E-state index contributed by atoms with van der Waals surface area (Å²) in [5.74, 6) is 1.28. The summed E-state index contributed by atoms with van der Waals surface area (Å²) < 4.78 is 5.76. The van der Waals surface area contributed by atoms with Crippen molar-refractivity contribution in [3.63, 3.8) is 0 Å². The van der Waals surface area contributed by atoms with Crippen molar-refractivity contribution in [1.82, 2.24) is 4.98 Å². The van der Waals surface area contributed by atoms with Crippen molar-refractivity contribution in [2.75, 3.05) is 11.9 Å². The van der Waals surface area contributed by atoms with Crippen molar-refractivity contribution >= 4 is 40.6 Å². The third-order valence-corrected chi connectivity index (χ3v) is 4.39. The van der Waals surface area contributed by atoms with Crippen LogP contribution in [0.15, 0.2) is 6.07 Å². The molecule has 3 rings (SSSR count). The van der Waals surface area contributed by atoms with E-state index < -0.39 is 0 Å². The van der Waals surface area contributed by atoms with Gasteiger partial charge < -0.3 is 10.1 Å². The highest BCUT2D eigenvalue weighted by atomic mass is 35.5. The molecule has 0 radical (unpaired) electrons. The number of ether oxygens (including phenoxy) is 1. The standard InChI is InChI=1S/C12H13Cl3N2O/c13-7-5-8(14)12(17-11(7)15)16-9-3-4-18-10(9)6-1-2-6/h5-6,9-10H,1-4H2,(H,16,17). The first-order chi connectivity index (χ1) is 8.65. The van der Waals surface area contributed by atoms with E-state index >= 15 is 0 Å². The summed E-state index contributed by atoms with van der Waals surface area (Å²) in [4.78, 5) is 4.18. The predicted molar refractivity (Wildman–Crippen MR) is 73.8 cm³/mol. The summed E-state index contributed by atoms with van der Waals surface area (Å²) in [5.41, 5.74) is 0. The van der Waals surface area contributed by atoms with Gasteiger partial charge in [0.05, 0.1) is 22.2 Å². The maximum Gasteiger partial charge on any atom is 0.150 e. The summed E-state index contributed by atoms with van der Waals surface area (Å²) in [6.45, 7) is 0.789. The minimum atomic E-state index is 0.264. The molecule has 3 nitrogen and oxygen atoms in total. The zero-order valence-electron chi connectivity index (χ0n) is 9.63. The highest BCUT2D eigenvalue weighted by Crippen LogP contribution is 2.40. The lowest BCUT2D eigenvalue weighted by molar-refractivity contribution is 0.0898. The molecule has 6 heteroatoms. The molecule has 2 atom stereocenters. The quantitative estimate of drug-likeness (QED) is 0.856. The molecule has 2 heterocycles. The van der Waals surface area contributed by atoms with Gasteiger partial charge in [-0.25, -0.2) is 4.98 Å². The van der Waals surface area contributed by atoms with Gasteiger partial charge in [-0.2, -0.15) is 0 Å². The number of rotatable bonds is 3. The van der Waals surface area contributed by atoms with E-state index in [-0.39, 0.29) is 17.3 Å². The molecule has 1 aliphatic heterocycles. The second-order valence-corrected chi connectivity index (χ2v) is 5.98. The molecule has 1 aliphatic carbocycles. The van der Waals surface area contributed by atoms with Crippen LogP contribution in [-0.4, -0.2) is 23.7 Å². The fourth-order valence-electron chi connectivity index (χ4n) is 2.38. The third kappa shape index (κ3) is 2.55. The lowest BCUT2D eigenvalue weighted by Crippen LogP contribution is -2.31. The fourth-order valence-corrected chi connectivity index (χ4v) is 2.93. The second kappa shape index (κ2) is 5.04. The van der Waals surface area contributed by atoms with Gasteiger partial charge in [0.1, 0.15) is 11.0 Å². The minimum absolute atomic E-state index is 0.264. The maximum atomic E-state index is 6.11. The largest absolute Gasteiger partial charge is 0.376 e. The average Bonchev–Trinajstić information content (AvgIpc) is 3.07. The zero-order valence-corrected chi connectivity index (χ0v) is 11.9. The van der Waals surface area contributed by atoms with Crippen molar-refractivity contribution in [3.05, 3.63) is 21.3 Å². The molecule has 1 N–H and O–H groups in total. The van der Waals surface area contributed by atoms with Crippen LogP contribution in [0.25, 0.3) is 0 Å². The molecule has 1 saturated carbocycles. The van der Waals surface area contributed by atoms with Crippen LogP contribution in [0.4, 0.5) is 5.82 Å². The van der Waals surface area contributed by atoms with E-state index in [1.165, 1.54) is 12.8 Å². The van der Waals surface area contributed by atoms with E-state index in [1.54, 1.807) is 6.07 Å². The summed E-state index contributed by atoms with van der Waals surface area (Å²) in [5, 5.41) is 4.47. The first-order valence-corrected chi connectivity index (χ1v) is 7.18. The van der Waals surface area contributed by atoms with Crippen LogP contribution in [0, 0.1) is 5.92 Å². The average molecular weight is 308 g/mol. The smallest absolute Gasteiger partial charge is 0.150 e. The van der Waals surface area contributed by atoms with Crippen LogP contribution in [0.1, 0.15) is 19.3 Å². The molecule has 0 amide bonds. The van der Waals surface area contributed by atoms with Gasteiger partial charge in [-0.15, -0.1) is 0 Å². The lowest BCUT2D eigenvalue weighted by atomic mass is 10.1. The van der Waals surface area contributed by atoms with Gasteiger partial charge in [0, 0.05) is 6.61 Å². The third-order valence-electron chi connectivity index (χ3n) is 3.43. The molecule has 1 aromatic heterocycles. The van der Waals surface area contributed by atoms with Gasteiger partial charge in [0.15, 0.2) is 0 Å². The minimum Gasteiger partial charge on any atom is -0.376 e. The summed E-state index contributed by atoms with van der Waals surface area (Å²) in [6, 6.07) is 1.88. The van der Waals surface area contributed by atoms with Crippen molar-refractivity contribution in [1.29, 1.82) is 0 Å². The molecule has 0 bridgehead atoms. The first kappa shape index (κ1) is 12.8. The van der Waals surface area contributed by atoms with Crippen LogP contribution in [-0.2, 0) is 4.74 Å². The van der Waals surface area contributed by atoms with Gasteiger partial charge >= 0.3 is 0 Å². The Balaban J connectivity index is 1.77. The number of hydrogen-bond donors (Lipinski definition) is 1. The Hall–Kier alpha value is -0.220. The van der Waals surface area contributed by atoms with Crippen molar-refractivity contribution < 1.29 is 4.74 Å².